The number of amides is 1. The maximum atomic E-state index is 13.4. The van der Waals surface area contributed by atoms with Crippen molar-refractivity contribution in [1.29, 1.82) is 0 Å². The van der Waals surface area contributed by atoms with E-state index in [1.54, 1.807) is 36.4 Å². The van der Waals surface area contributed by atoms with E-state index in [2.05, 4.69) is 11.9 Å². The van der Waals surface area contributed by atoms with Gasteiger partial charge >= 0.3 is 5.97 Å². The normalized spacial score (nSPS) is 23.9. The van der Waals surface area contributed by atoms with Crippen LogP contribution in [0.2, 0.25) is 0 Å². The molecule has 4 rings (SSSR count). The number of piperidine rings is 1. The van der Waals surface area contributed by atoms with Crippen LogP contribution < -0.4 is 5.32 Å². The summed E-state index contributed by atoms with van der Waals surface area (Å²) >= 11 is 0. The molecule has 2 heterocycles. The minimum atomic E-state index is -4.02. The van der Waals surface area contributed by atoms with Crippen LogP contribution in [0, 0.1) is 6.92 Å². The topological polar surface area (TPSA) is 92.8 Å². The van der Waals surface area contributed by atoms with Crippen LogP contribution in [0.4, 0.5) is 5.69 Å². The van der Waals surface area contributed by atoms with Crippen LogP contribution in [0.1, 0.15) is 17.5 Å². The van der Waals surface area contributed by atoms with Crippen molar-refractivity contribution in [2.75, 3.05) is 19.0 Å². The molecule has 2 aromatic carbocycles. The number of esters is 1. The van der Waals surface area contributed by atoms with E-state index in [0.29, 0.717) is 16.8 Å². The second kappa shape index (κ2) is 7.07. The summed E-state index contributed by atoms with van der Waals surface area (Å²) in [6.45, 7) is 5.76. The van der Waals surface area contributed by atoms with Crippen LogP contribution in [-0.4, -0.2) is 44.3 Å². The Hall–Kier alpha value is -2.97. The van der Waals surface area contributed by atoms with E-state index in [9.17, 15) is 18.0 Å². The number of ether oxygens (including phenoxy) is 1. The van der Waals surface area contributed by atoms with Crippen molar-refractivity contribution >= 4 is 27.6 Å². The summed E-state index contributed by atoms with van der Waals surface area (Å²) in [7, 11) is -2.81. The molecule has 30 heavy (non-hydrogen) atoms. The molecule has 156 valence electrons. The highest BCUT2D eigenvalue weighted by molar-refractivity contribution is 7.89. The van der Waals surface area contributed by atoms with Crippen LogP contribution in [0.25, 0.3) is 0 Å². The number of carbonyl (C=O) groups is 2. The van der Waals surface area contributed by atoms with Gasteiger partial charge in [0.1, 0.15) is 11.5 Å². The molecule has 0 radical (unpaired) electrons. The number of aryl methyl sites for hydroxylation is 1. The van der Waals surface area contributed by atoms with Gasteiger partial charge in [-0.3, -0.25) is 9.59 Å². The van der Waals surface area contributed by atoms with Gasteiger partial charge < -0.3 is 10.1 Å². The number of sulfonamides is 1. The van der Waals surface area contributed by atoms with Gasteiger partial charge in [0.05, 0.1) is 12.0 Å². The van der Waals surface area contributed by atoms with E-state index in [1.807, 2.05) is 6.92 Å². The van der Waals surface area contributed by atoms with E-state index in [-0.39, 0.29) is 23.8 Å². The molecule has 7 nitrogen and oxygen atoms in total. The van der Waals surface area contributed by atoms with E-state index in [0.717, 1.165) is 9.87 Å². The SMILES string of the molecule is C=C1CN(S(=O)(=O)c2ccc(C)cc2)C(C(=O)OC)CC12C(=O)Nc1ccccc12. The third-order valence-electron chi connectivity index (χ3n) is 5.92. The van der Waals surface area contributed by atoms with Crippen LogP contribution in [-0.2, 0) is 29.8 Å². The largest absolute Gasteiger partial charge is 0.468 e. The Morgan fingerprint density at radius 1 is 1.20 bits per heavy atom. The number of nitrogens with one attached hydrogen (secondary N) is 1. The fraction of sp³-hybridized carbons (Fsp3) is 0.273. The summed E-state index contributed by atoms with van der Waals surface area (Å²) in [6, 6.07) is 12.4. The number of hydrogen-bond donors (Lipinski definition) is 1. The van der Waals surface area contributed by atoms with E-state index in [1.165, 1.54) is 19.2 Å². The molecule has 1 amide bonds. The van der Waals surface area contributed by atoms with Crippen molar-refractivity contribution in [2.24, 2.45) is 0 Å². The summed E-state index contributed by atoms with van der Waals surface area (Å²) < 4.78 is 32.8. The number of nitrogens with zero attached hydrogens (tertiary/aromatic N) is 1. The van der Waals surface area contributed by atoms with Crippen LogP contribution in [0.3, 0.4) is 0 Å². The number of carbonyl (C=O) groups excluding carboxylic acids is 2. The fourth-order valence-electron chi connectivity index (χ4n) is 4.27. The molecule has 1 spiro atoms. The summed E-state index contributed by atoms with van der Waals surface area (Å²) in [6.07, 6.45) is -0.0769. The highest BCUT2D eigenvalue weighted by atomic mass is 32.2. The van der Waals surface area contributed by atoms with Crippen molar-refractivity contribution in [2.45, 2.75) is 29.7 Å². The zero-order valence-electron chi connectivity index (χ0n) is 16.7. The van der Waals surface area contributed by atoms with Crippen molar-refractivity contribution in [1.82, 2.24) is 4.31 Å². The highest BCUT2D eigenvalue weighted by Gasteiger charge is 2.57. The van der Waals surface area contributed by atoms with E-state index < -0.39 is 27.4 Å². The third-order valence-corrected chi connectivity index (χ3v) is 7.79. The molecule has 1 N–H and O–H groups in total. The molecule has 2 aromatic rings. The summed E-state index contributed by atoms with van der Waals surface area (Å²) in [4.78, 5) is 25.8. The molecule has 0 aromatic heterocycles. The number of methoxy groups -OCH3 is 1. The van der Waals surface area contributed by atoms with Gasteiger partial charge in [0.2, 0.25) is 15.9 Å². The number of para-hydroxylation sites is 1. The molecule has 8 heteroatoms. The quantitative estimate of drug-likeness (QED) is 0.601. The smallest absolute Gasteiger partial charge is 0.324 e. The van der Waals surface area contributed by atoms with Crippen molar-refractivity contribution < 1.29 is 22.7 Å². The fourth-order valence-corrected chi connectivity index (χ4v) is 5.85. The maximum absolute atomic E-state index is 13.4. The van der Waals surface area contributed by atoms with Gasteiger partial charge in [-0.2, -0.15) is 4.31 Å². The maximum Gasteiger partial charge on any atom is 0.324 e. The molecule has 2 unspecified atom stereocenters. The first-order valence-corrected chi connectivity index (χ1v) is 10.9. The van der Waals surface area contributed by atoms with Crippen molar-refractivity contribution in [3.8, 4) is 0 Å². The van der Waals surface area contributed by atoms with Crippen LogP contribution in [0.5, 0.6) is 0 Å². The van der Waals surface area contributed by atoms with Gasteiger partial charge in [0.15, 0.2) is 0 Å². The lowest BCUT2D eigenvalue weighted by molar-refractivity contribution is -0.146. The Morgan fingerprint density at radius 2 is 1.87 bits per heavy atom. The molecule has 1 fully saturated rings. The molecule has 2 aliphatic rings. The lowest BCUT2D eigenvalue weighted by Gasteiger charge is -2.43. The van der Waals surface area contributed by atoms with Gasteiger partial charge in [-0.25, -0.2) is 8.42 Å². The molecule has 0 aliphatic carbocycles. The number of anilines is 1. The second-order valence-electron chi connectivity index (χ2n) is 7.61. The third kappa shape index (κ3) is 2.86. The lowest BCUT2D eigenvalue weighted by atomic mass is 9.69. The zero-order valence-corrected chi connectivity index (χ0v) is 17.5. The average Bonchev–Trinajstić information content (AvgIpc) is 3.01. The number of rotatable bonds is 3. The lowest BCUT2D eigenvalue weighted by Crippen LogP contribution is -2.57. The predicted octanol–water partition coefficient (Wildman–Crippen LogP) is 2.38. The van der Waals surface area contributed by atoms with Gasteiger partial charge in [0.25, 0.3) is 0 Å². The van der Waals surface area contributed by atoms with Gasteiger partial charge in [-0.15, -0.1) is 0 Å². The van der Waals surface area contributed by atoms with Gasteiger partial charge in [-0.1, -0.05) is 42.5 Å². The summed E-state index contributed by atoms with van der Waals surface area (Å²) in [5, 5.41) is 2.84. The first-order valence-electron chi connectivity index (χ1n) is 9.47. The Bertz CT molecular complexity index is 1160. The molecule has 2 atom stereocenters. The summed E-state index contributed by atoms with van der Waals surface area (Å²) in [5.74, 6) is -1.02. The Balaban J connectivity index is 1.81. The number of benzene rings is 2. The van der Waals surface area contributed by atoms with Crippen LogP contribution in [0.15, 0.2) is 65.6 Å². The first-order chi connectivity index (χ1) is 14.2. The van der Waals surface area contributed by atoms with E-state index >= 15 is 0 Å². The number of fused-ring (bicyclic) bond motifs is 2. The molecular formula is C22H22N2O5S. The van der Waals surface area contributed by atoms with Crippen LogP contribution >= 0.6 is 0 Å². The van der Waals surface area contributed by atoms with Crippen molar-refractivity contribution in [3.05, 3.63) is 71.8 Å². The predicted molar refractivity (Wildman–Crippen MR) is 111 cm³/mol. The van der Waals surface area contributed by atoms with Gasteiger partial charge in [0, 0.05) is 12.2 Å². The van der Waals surface area contributed by atoms with Gasteiger partial charge in [-0.05, 0) is 42.7 Å². The molecule has 2 aliphatic heterocycles. The monoisotopic (exact) mass is 426 g/mol. The Labute approximate surface area is 175 Å². The minimum absolute atomic E-state index is 0.0713. The zero-order chi connectivity index (χ0) is 21.7. The van der Waals surface area contributed by atoms with Crippen molar-refractivity contribution in [3.63, 3.8) is 0 Å². The molecular weight excluding hydrogens is 404 g/mol. The number of hydrogen-bond acceptors (Lipinski definition) is 5. The van der Waals surface area contributed by atoms with E-state index in [4.69, 9.17) is 4.74 Å². The molecule has 1 saturated heterocycles. The molecule has 0 bridgehead atoms. The average molecular weight is 426 g/mol. The highest BCUT2D eigenvalue weighted by Crippen LogP contribution is 2.49. The second-order valence-corrected chi connectivity index (χ2v) is 9.51. The Morgan fingerprint density at radius 3 is 2.53 bits per heavy atom. The first kappa shape index (κ1) is 20.3. The Kier molecular flexibility index (Phi) is 4.79. The minimum Gasteiger partial charge on any atom is -0.468 e. The molecule has 0 saturated carbocycles. The summed E-state index contributed by atoms with van der Waals surface area (Å²) in [5.41, 5.74) is 1.48. The standard InChI is InChI=1S/C22H22N2O5S/c1-14-8-10-16(11-9-14)30(27,28)24-13-15(2)22(12-19(24)20(25)29-3)17-6-4-5-7-18(17)23-21(22)26/h4-11,19H,2,12-13H2,1,3H3,(H,23,26).